The van der Waals surface area contributed by atoms with Crippen LogP contribution in [-0.4, -0.2) is 44.2 Å². The molecule has 0 bridgehead atoms. The minimum atomic E-state index is -1.74. The summed E-state index contributed by atoms with van der Waals surface area (Å²) < 4.78 is 15.2. The van der Waals surface area contributed by atoms with Crippen molar-refractivity contribution >= 4 is 40.7 Å². The molecule has 0 radical (unpaired) electrons. The molecular formula is C23H20N2O6S. The lowest BCUT2D eigenvalue weighted by Gasteiger charge is -2.27. The van der Waals surface area contributed by atoms with Crippen LogP contribution in [0.4, 0.5) is 5.69 Å². The second kappa shape index (κ2) is 8.08. The number of nitrogens with one attached hydrogen (secondary N) is 1. The molecule has 8 nitrogen and oxygen atoms in total. The number of thiocarbonyl (C=S) groups is 1. The van der Waals surface area contributed by atoms with E-state index in [0.717, 1.165) is 5.56 Å². The van der Waals surface area contributed by atoms with Crippen molar-refractivity contribution in [1.82, 2.24) is 5.32 Å². The van der Waals surface area contributed by atoms with Crippen LogP contribution in [0.15, 0.2) is 59.7 Å². The smallest absolute Gasteiger partial charge is 0.341 e. The molecule has 0 saturated heterocycles. The summed E-state index contributed by atoms with van der Waals surface area (Å²) in [4.78, 5) is 40.9. The van der Waals surface area contributed by atoms with Crippen molar-refractivity contribution in [2.45, 2.75) is 12.1 Å². The molecular weight excluding hydrogens is 432 g/mol. The van der Waals surface area contributed by atoms with E-state index < -0.39 is 23.4 Å². The summed E-state index contributed by atoms with van der Waals surface area (Å²) in [5.41, 5.74) is -0.268. The number of rotatable bonds is 5. The van der Waals surface area contributed by atoms with E-state index in [4.69, 9.17) is 26.4 Å². The van der Waals surface area contributed by atoms with Crippen molar-refractivity contribution in [3.05, 3.63) is 70.8 Å². The highest BCUT2D eigenvalue weighted by molar-refractivity contribution is 7.80. The summed E-state index contributed by atoms with van der Waals surface area (Å²) in [6, 6.07) is 14.5. The highest BCUT2D eigenvalue weighted by atomic mass is 32.1. The molecule has 2 aromatic rings. The lowest BCUT2D eigenvalue weighted by atomic mass is 9.83. The summed E-state index contributed by atoms with van der Waals surface area (Å²) in [6.45, 7) is 0.247. The molecule has 32 heavy (non-hydrogen) atoms. The minimum Gasteiger partial charge on any atom is -0.497 e. The number of hydrogen-bond acceptors (Lipinski definition) is 7. The van der Waals surface area contributed by atoms with Gasteiger partial charge in [-0.3, -0.25) is 4.79 Å². The predicted molar refractivity (Wildman–Crippen MR) is 119 cm³/mol. The number of nitrogens with zero attached hydrogens (tertiary/aromatic N) is 1. The average molecular weight is 452 g/mol. The normalized spacial score (nSPS) is 19.2. The monoisotopic (exact) mass is 452 g/mol. The lowest BCUT2D eigenvalue weighted by molar-refractivity contribution is -0.140. The van der Waals surface area contributed by atoms with E-state index >= 15 is 0 Å². The number of benzene rings is 2. The van der Waals surface area contributed by atoms with E-state index in [1.54, 1.807) is 23.1 Å². The molecule has 2 heterocycles. The van der Waals surface area contributed by atoms with E-state index in [-0.39, 0.29) is 22.7 Å². The Morgan fingerprint density at radius 2 is 1.72 bits per heavy atom. The molecule has 164 valence electrons. The molecule has 0 unspecified atom stereocenters. The van der Waals surface area contributed by atoms with Crippen LogP contribution in [0.25, 0.3) is 0 Å². The minimum absolute atomic E-state index is 0.0686. The van der Waals surface area contributed by atoms with Gasteiger partial charge < -0.3 is 24.4 Å². The predicted octanol–water partition coefficient (Wildman–Crippen LogP) is 2.01. The van der Waals surface area contributed by atoms with Gasteiger partial charge in [-0.05, 0) is 23.8 Å². The average Bonchev–Trinajstić information content (AvgIpc) is 3.25. The van der Waals surface area contributed by atoms with E-state index in [0.29, 0.717) is 17.0 Å². The first-order valence-corrected chi connectivity index (χ1v) is 10.1. The molecule has 2 aromatic carbocycles. The van der Waals surface area contributed by atoms with Crippen LogP contribution >= 0.6 is 12.2 Å². The molecule has 1 spiro atoms. The van der Waals surface area contributed by atoms with Gasteiger partial charge in [0.05, 0.1) is 39.1 Å². The Labute approximate surface area is 189 Å². The molecule has 1 atom stereocenters. The van der Waals surface area contributed by atoms with Gasteiger partial charge in [-0.15, -0.1) is 0 Å². The van der Waals surface area contributed by atoms with Crippen LogP contribution < -0.4 is 15.0 Å². The number of ether oxygens (including phenoxy) is 3. The fourth-order valence-electron chi connectivity index (χ4n) is 4.14. The molecule has 0 aromatic heterocycles. The number of hydrogen-bond donors (Lipinski definition) is 1. The van der Waals surface area contributed by atoms with Crippen molar-refractivity contribution in [3.8, 4) is 5.75 Å². The molecule has 1 N–H and O–H groups in total. The van der Waals surface area contributed by atoms with Crippen LogP contribution in [-0.2, 0) is 35.9 Å². The van der Waals surface area contributed by atoms with Crippen molar-refractivity contribution in [1.29, 1.82) is 0 Å². The lowest BCUT2D eigenvalue weighted by Crippen LogP contribution is -2.51. The number of carbonyl (C=O) groups is 3. The zero-order chi connectivity index (χ0) is 23.0. The van der Waals surface area contributed by atoms with Gasteiger partial charge in [-0.25, -0.2) is 9.59 Å². The van der Waals surface area contributed by atoms with Crippen molar-refractivity contribution < 1.29 is 28.6 Å². The Morgan fingerprint density at radius 1 is 1.03 bits per heavy atom. The van der Waals surface area contributed by atoms with Gasteiger partial charge in [0.25, 0.3) is 5.91 Å². The van der Waals surface area contributed by atoms with E-state index in [1.807, 2.05) is 30.3 Å². The quantitative estimate of drug-likeness (QED) is 0.544. The SMILES string of the molecule is COC(=O)C1=C(C(=O)OC)[C@]2(NC1=S)C(=O)N(Cc1ccccc1)c1ccc(OC)cc12. The largest absolute Gasteiger partial charge is 0.497 e. The highest BCUT2D eigenvalue weighted by Crippen LogP contribution is 2.50. The van der Waals surface area contributed by atoms with Gasteiger partial charge in [-0.2, -0.15) is 0 Å². The zero-order valence-electron chi connectivity index (χ0n) is 17.6. The molecule has 0 saturated carbocycles. The fourth-order valence-corrected chi connectivity index (χ4v) is 4.48. The molecule has 0 aliphatic carbocycles. The van der Waals surface area contributed by atoms with Crippen molar-refractivity contribution in [3.63, 3.8) is 0 Å². The van der Waals surface area contributed by atoms with Crippen LogP contribution in [0.5, 0.6) is 5.75 Å². The standard InChI is InChI=1S/C23H20N2O6S/c1-29-14-9-10-16-15(11-14)23(22(28)25(16)12-13-7-5-4-6-8-13)18(21(27)31-3)17(19(32)24-23)20(26)30-2/h4-11H,12H2,1-3H3,(H,24,32)/t23-/m0/s1. The van der Waals surface area contributed by atoms with Gasteiger partial charge >= 0.3 is 11.9 Å². The Morgan fingerprint density at radius 3 is 2.34 bits per heavy atom. The van der Waals surface area contributed by atoms with Gasteiger partial charge in [-0.1, -0.05) is 42.5 Å². The number of amides is 1. The topological polar surface area (TPSA) is 94.2 Å². The molecule has 2 aliphatic rings. The molecule has 9 heteroatoms. The summed E-state index contributed by atoms with van der Waals surface area (Å²) >= 11 is 5.37. The highest BCUT2D eigenvalue weighted by Gasteiger charge is 2.62. The Kier molecular flexibility index (Phi) is 5.43. The first kappa shape index (κ1) is 21.5. The molecule has 1 amide bonds. The summed E-state index contributed by atoms with van der Waals surface area (Å²) in [5.74, 6) is -1.69. The summed E-state index contributed by atoms with van der Waals surface area (Å²) in [5, 5.41) is 2.94. The number of carbonyl (C=O) groups excluding carboxylic acids is 3. The summed E-state index contributed by atoms with van der Waals surface area (Å²) in [7, 11) is 3.84. The first-order valence-electron chi connectivity index (χ1n) is 9.67. The molecule has 4 rings (SSSR count). The van der Waals surface area contributed by atoms with Crippen molar-refractivity contribution in [2.24, 2.45) is 0 Å². The molecule has 2 aliphatic heterocycles. The maximum atomic E-state index is 14.0. The first-order chi connectivity index (χ1) is 15.4. The van der Waals surface area contributed by atoms with Crippen LogP contribution in [0.3, 0.4) is 0 Å². The van der Waals surface area contributed by atoms with Crippen molar-refractivity contribution in [2.75, 3.05) is 26.2 Å². The maximum Gasteiger partial charge on any atom is 0.341 e. The Balaban J connectivity index is 1.98. The van der Waals surface area contributed by atoms with E-state index in [9.17, 15) is 14.4 Å². The number of esters is 2. The van der Waals surface area contributed by atoms with Crippen LogP contribution in [0.1, 0.15) is 11.1 Å². The van der Waals surface area contributed by atoms with Gasteiger partial charge in [0.15, 0.2) is 5.54 Å². The van der Waals surface area contributed by atoms with Gasteiger partial charge in [0, 0.05) is 5.56 Å². The third-order valence-corrected chi connectivity index (χ3v) is 5.89. The van der Waals surface area contributed by atoms with E-state index in [1.165, 1.54) is 21.3 Å². The zero-order valence-corrected chi connectivity index (χ0v) is 18.4. The number of anilines is 1. The number of methoxy groups -OCH3 is 3. The van der Waals surface area contributed by atoms with Gasteiger partial charge in [0.2, 0.25) is 0 Å². The third-order valence-electron chi connectivity index (χ3n) is 5.58. The third kappa shape index (κ3) is 3.04. The Hall–Kier alpha value is -3.72. The summed E-state index contributed by atoms with van der Waals surface area (Å²) in [6.07, 6.45) is 0. The van der Waals surface area contributed by atoms with E-state index in [2.05, 4.69) is 5.32 Å². The number of fused-ring (bicyclic) bond motifs is 2. The second-order valence-corrected chi connectivity index (χ2v) is 7.61. The fraction of sp³-hybridized carbons (Fsp3) is 0.217. The Bertz CT molecular complexity index is 1180. The maximum absolute atomic E-state index is 14.0. The van der Waals surface area contributed by atoms with Crippen LogP contribution in [0.2, 0.25) is 0 Å². The second-order valence-electron chi connectivity index (χ2n) is 7.20. The van der Waals surface area contributed by atoms with Crippen LogP contribution in [0, 0.1) is 0 Å². The van der Waals surface area contributed by atoms with Gasteiger partial charge in [0.1, 0.15) is 16.3 Å². The molecule has 0 fully saturated rings.